The summed E-state index contributed by atoms with van der Waals surface area (Å²) in [4.78, 5) is 180. The van der Waals surface area contributed by atoms with Crippen molar-refractivity contribution < 1.29 is 96.5 Å². The fourth-order valence-corrected chi connectivity index (χ4v) is 20.5. The Kier molecular flexibility index (Phi) is 33.7. The highest BCUT2D eigenvalue weighted by Gasteiger charge is 2.64. The summed E-state index contributed by atoms with van der Waals surface area (Å²) < 4.78 is 31.1. The number of hydrogen-bond donors (Lipinski definition) is 9. The van der Waals surface area contributed by atoms with Gasteiger partial charge < -0.3 is 85.6 Å². The van der Waals surface area contributed by atoms with Gasteiger partial charge in [-0.3, -0.25) is 33.6 Å². The maximum absolute atomic E-state index is 14.3. The van der Waals surface area contributed by atoms with Crippen LogP contribution in [0.5, 0.6) is 17.2 Å². The van der Waals surface area contributed by atoms with Gasteiger partial charge in [0.15, 0.2) is 0 Å². The van der Waals surface area contributed by atoms with Gasteiger partial charge in [0.2, 0.25) is 41.4 Å². The predicted molar refractivity (Wildman–Crippen MR) is 566 cm³/mol. The number of carboxylic acids is 3. The molecule has 780 valence electrons. The summed E-state index contributed by atoms with van der Waals surface area (Å²) >= 11 is 0. The van der Waals surface area contributed by atoms with Crippen LogP contribution in [0.4, 0.5) is 9.59 Å². The summed E-state index contributed by atoms with van der Waals surface area (Å²) in [6.45, 7) is 21.8. The highest BCUT2D eigenvalue weighted by Crippen LogP contribution is 2.49. The Morgan fingerprint density at radius 2 is 0.765 bits per heavy atom. The number of pyridine rings is 3. The fraction of sp³-hybridized carbons (Fsp3) is 0.410. The second kappa shape index (κ2) is 47.2. The Hall–Kier alpha value is -15.4. The van der Waals surface area contributed by atoms with Crippen molar-refractivity contribution in [3.63, 3.8) is 0 Å². The highest BCUT2D eigenvalue weighted by atomic mass is 16.6. The molecule has 32 heteroatoms. The molecule has 0 unspecified atom stereocenters. The zero-order valence-electron chi connectivity index (χ0n) is 84.9. The number of rotatable bonds is 24. The number of nitrogens with zero attached hydrogens (tertiary/aromatic N) is 6. The molecule has 3 saturated heterocycles. The first-order valence-electron chi connectivity index (χ1n) is 52.0. The number of allylic oxidation sites excluding steroid dienone is 3. The average Bonchev–Trinajstić information content (AvgIpc) is 1.59. The maximum Gasteiger partial charge on any atom is 0.407 e. The number of carbonyl (C=O) groups is 12. The van der Waals surface area contributed by atoms with E-state index in [9.17, 15) is 72.9 Å². The molecule has 3 aliphatic carbocycles. The van der Waals surface area contributed by atoms with Gasteiger partial charge in [0.1, 0.15) is 88.4 Å². The zero-order valence-corrected chi connectivity index (χ0v) is 84.9. The van der Waals surface area contributed by atoms with Gasteiger partial charge in [-0.2, -0.15) is 0 Å². The summed E-state index contributed by atoms with van der Waals surface area (Å²) in [5.41, 5.74) is 5.20. The second-order valence-corrected chi connectivity index (χ2v) is 40.8. The van der Waals surface area contributed by atoms with Crippen LogP contribution < -0.4 is 46.1 Å². The maximum atomic E-state index is 14.3. The van der Waals surface area contributed by atoms with E-state index in [1.807, 2.05) is 209 Å². The molecule has 9 heterocycles. The van der Waals surface area contributed by atoms with E-state index in [4.69, 9.17) is 38.6 Å². The Balaban J connectivity index is 0.000000159. The van der Waals surface area contributed by atoms with Crippen LogP contribution in [-0.2, 0) is 57.4 Å². The number of cyclic esters (lactones) is 2. The number of nitrogens with one attached hydrogen (secondary N) is 6. The molecule has 0 radical (unpaired) electrons. The number of carboxylic acid groups (broad SMARTS) is 3. The molecule has 6 fully saturated rings. The zero-order chi connectivity index (χ0) is 105. The minimum Gasteiger partial charge on any atom is -0.488 e. The summed E-state index contributed by atoms with van der Waals surface area (Å²) in [6, 6.07) is 47.0. The number of amides is 9. The van der Waals surface area contributed by atoms with Crippen LogP contribution in [0.3, 0.4) is 0 Å². The number of fused-ring (bicyclic) bond motifs is 9. The number of aliphatic carboxylic acids is 3. The first-order chi connectivity index (χ1) is 71.9. The van der Waals surface area contributed by atoms with Crippen molar-refractivity contribution in [1.29, 1.82) is 0 Å². The number of ether oxygens (including phenoxy) is 5. The Labute approximate surface area is 866 Å². The Morgan fingerprint density at radius 3 is 1.10 bits per heavy atom. The lowest BCUT2D eigenvalue weighted by Gasteiger charge is -2.29. The molecule has 9 aliphatic rings. The molecular weight excluding hydrogens is 1890 g/mol. The number of alkyl carbamates (subject to hydrolysis) is 2. The molecule has 6 aliphatic heterocycles. The lowest BCUT2D eigenvalue weighted by molar-refractivity contribution is -0.146. The van der Waals surface area contributed by atoms with Gasteiger partial charge in [-0.25, -0.2) is 38.9 Å². The van der Waals surface area contributed by atoms with Crippen molar-refractivity contribution in [3.8, 4) is 51.0 Å². The van der Waals surface area contributed by atoms with Gasteiger partial charge in [-0.15, -0.1) is 19.7 Å². The normalized spacial score (nSPS) is 26.3. The number of aromatic nitrogens is 3. The number of unbranched alkanes of at least 4 members (excludes halogenated alkanes) is 3. The first-order valence-corrected chi connectivity index (χ1v) is 52.0. The SMILES string of the molecule is C=C[C@@H]1C[C@]1(NC(=O)[C@@H]1C[C@@H]2CN1C(=O)[C@H](CCCC)NC(=O)CCC/C=C/c1ccc3nc(-c4ccccc4)cc(c3c1)O2)C(=O)O.C=C[C@@H]1C[C@]1(NC(=O)[C@@H]1C[C@@H]2CN1C(=O)[C@H](CCCC)NC(=O)OCCC(C)(C)/C=C/c1ccc3nc(-c4ccccc4)cc(c3c1)O2)C(=O)O.C=C[C@@H]1C[C@]1(NC(=O)[C@@H]1C[C@@H]2CN1C(=O)[C@H](CCCC)NC(=O)OCCCC/C=C/c1ccc3nc(-c4ccccc4)cc(c3c1)O2)C(=O)O. The van der Waals surface area contributed by atoms with Crippen LogP contribution in [-0.4, -0.2) is 220 Å². The summed E-state index contributed by atoms with van der Waals surface area (Å²) in [6.07, 6.45) is 24.5. The molecule has 3 saturated carbocycles. The molecule has 9 aromatic rings. The van der Waals surface area contributed by atoms with Gasteiger partial charge in [0.25, 0.3) is 0 Å². The molecule has 149 heavy (non-hydrogen) atoms. The standard InChI is InChI=1S/C40H46N4O7.C39H44N4O7.C38H42N4O6/c1-5-7-13-31-36(46)44-24-28(21-33(44)35(45)43-40(37(47)48)23-27(40)6-2)51-34-22-32(26-11-9-8-10-12-26)41-30-15-14-25(20-29(30)34)16-17-39(3,4)18-19-50-38(49)42-31;1-3-5-16-31-36(45)43-24-28(21-33(43)35(44)42-39(37(46)47)23-27(39)4-2)50-34-22-32(26-14-10-8-11-15-26)40-30-18-17-25(20-29(30)34)13-9-6-7-12-19-49-38(48)41-31;1-3-5-15-30-36(45)42-23-27(20-32(42)35(44)41-38(37(46)47)22-26(38)4-2)48-33-21-31(25-13-9-7-10-14-25)39-29-18-17-24(19-28(29)33)12-8-6-11-16-34(43)40-30/h6,8-12,14-17,20,22,27-28,31,33H,2,5,7,13,18-19,21,23-24H2,1,3-4H3,(H,42,49)(H,43,45)(H,47,48);4,8-11,13-15,17-18,20,22,27-28,31,33H,2-3,5-7,12,16,19,21,23-24H2,1H3,(H,41,48)(H,42,44)(H,46,47);4,7-10,12-14,17-19,21,26-27,30,32H,2-3,5-6,11,15-16,20,22-23H2,1H3,(H,40,43)(H,41,44)(H,46,47)/b17-16+;13-9+;12-8+/t27-,28-,31+,33+,40-;27-,28-,31+,33+,39-;26-,27-,30+,32+,38-/m111/s1. The van der Waals surface area contributed by atoms with Crippen molar-refractivity contribution in [1.82, 2.24) is 61.6 Å². The number of hydrogen-bond acceptors (Lipinski definition) is 20. The molecule has 15 atom stereocenters. The third-order valence-electron chi connectivity index (χ3n) is 29.6. The van der Waals surface area contributed by atoms with Crippen LogP contribution in [0, 0.1) is 23.2 Å². The third-order valence-corrected chi connectivity index (χ3v) is 29.6. The second-order valence-electron chi connectivity index (χ2n) is 40.8. The van der Waals surface area contributed by atoms with E-state index in [1.54, 1.807) is 0 Å². The van der Waals surface area contributed by atoms with E-state index in [0.29, 0.717) is 92.8 Å². The monoisotopic (exact) mass is 2020 g/mol. The van der Waals surface area contributed by atoms with Crippen LogP contribution in [0.1, 0.15) is 193 Å². The smallest absolute Gasteiger partial charge is 0.407 e. The van der Waals surface area contributed by atoms with Crippen molar-refractivity contribution >= 4 is 122 Å². The lowest BCUT2D eigenvalue weighted by Crippen LogP contribution is -2.56. The van der Waals surface area contributed by atoms with Crippen LogP contribution in [0.15, 0.2) is 220 Å². The van der Waals surface area contributed by atoms with Gasteiger partial charge in [0.05, 0.1) is 66.5 Å². The molecular formula is C117H132N12O20. The predicted octanol–water partition coefficient (Wildman–Crippen LogP) is 17.3. The number of benzene rings is 6. The van der Waals surface area contributed by atoms with Crippen molar-refractivity contribution in [2.24, 2.45) is 23.2 Å². The van der Waals surface area contributed by atoms with Crippen LogP contribution in [0.25, 0.3) is 84.7 Å². The van der Waals surface area contributed by atoms with E-state index in [0.717, 1.165) is 104 Å². The number of carbonyl (C=O) groups excluding carboxylic acids is 9. The largest absolute Gasteiger partial charge is 0.488 e. The van der Waals surface area contributed by atoms with E-state index in [-0.39, 0.29) is 95.0 Å². The molecule has 32 nitrogen and oxygen atoms in total. The van der Waals surface area contributed by atoms with E-state index in [2.05, 4.69) is 77.6 Å². The minimum atomic E-state index is -1.48. The minimum absolute atomic E-state index is 0.0412. The molecule has 6 aromatic carbocycles. The summed E-state index contributed by atoms with van der Waals surface area (Å²) in [5.74, 6) is -6.28. The van der Waals surface area contributed by atoms with Crippen molar-refractivity contribution in [3.05, 3.63) is 237 Å². The molecule has 9 amide bonds. The lowest BCUT2D eigenvalue weighted by atomic mass is 9.88. The third kappa shape index (κ3) is 25.0. The molecule has 3 aromatic heterocycles. The van der Waals surface area contributed by atoms with E-state index in [1.165, 1.54) is 32.9 Å². The van der Waals surface area contributed by atoms with Crippen molar-refractivity contribution in [2.45, 2.75) is 247 Å². The van der Waals surface area contributed by atoms with E-state index < -0.39 is 149 Å². The van der Waals surface area contributed by atoms with E-state index >= 15 is 0 Å². The molecule has 0 spiro atoms. The molecule has 12 bridgehead atoms. The first kappa shape index (κ1) is 106. The Morgan fingerprint density at radius 1 is 0.430 bits per heavy atom. The van der Waals surface area contributed by atoms with Gasteiger partial charge >= 0.3 is 30.1 Å². The molecule has 9 N–H and O–H groups in total. The van der Waals surface area contributed by atoms with Crippen LogP contribution in [0.2, 0.25) is 0 Å². The average molecular weight is 2030 g/mol. The van der Waals surface area contributed by atoms with Gasteiger partial charge in [-0.1, -0.05) is 237 Å². The van der Waals surface area contributed by atoms with Gasteiger partial charge in [0, 0.05) is 94.5 Å². The van der Waals surface area contributed by atoms with Crippen LogP contribution >= 0.6 is 0 Å². The fourth-order valence-electron chi connectivity index (χ4n) is 20.5. The van der Waals surface area contributed by atoms with Gasteiger partial charge in [-0.05, 0) is 136 Å². The Bertz CT molecular complexity index is 6650. The quantitative estimate of drug-likeness (QED) is 0.0254. The topological polar surface area (TPSA) is 432 Å². The molecule has 18 rings (SSSR count). The summed E-state index contributed by atoms with van der Waals surface area (Å²) in [5, 5.41) is 49.0. The van der Waals surface area contributed by atoms with Crippen molar-refractivity contribution in [2.75, 3.05) is 32.8 Å². The highest BCUT2D eigenvalue weighted by molar-refractivity contribution is 6.01. The summed E-state index contributed by atoms with van der Waals surface area (Å²) in [7, 11) is 0.